The van der Waals surface area contributed by atoms with Crippen LogP contribution in [0.1, 0.15) is 11.1 Å². The van der Waals surface area contributed by atoms with Crippen LogP contribution in [0.2, 0.25) is 0 Å². The Bertz CT molecular complexity index is 834. The van der Waals surface area contributed by atoms with Gasteiger partial charge < -0.3 is 9.80 Å². The summed E-state index contributed by atoms with van der Waals surface area (Å²) in [6.07, 6.45) is 1.68. The molecule has 0 saturated carbocycles. The lowest BCUT2D eigenvalue weighted by Gasteiger charge is -2.37. The van der Waals surface area contributed by atoms with Gasteiger partial charge in [-0.3, -0.25) is 0 Å². The molecular weight excluding hydrogens is 304 g/mol. The average molecular weight is 324 g/mol. The van der Waals surface area contributed by atoms with Gasteiger partial charge in [0.05, 0.1) is 10.2 Å². The molecule has 23 heavy (non-hydrogen) atoms. The maximum absolute atomic E-state index is 4.54. The lowest BCUT2D eigenvalue weighted by molar-refractivity contribution is 0.648. The van der Waals surface area contributed by atoms with Crippen molar-refractivity contribution in [2.75, 3.05) is 36.0 Å². The molecule has 0 bridgehead atoms. The molecule has 4 rings (SSSR count). The number of aryl methyl sites for hydroxylation is 1. The number of benzene rings is 1. The molecular formula is C18H20N4S. The molecule has 1 fully saturated rings. The maximum atomic E-state index is 4.54. The fraction of sp³-hybridized carbons (Fsp3) is 0.333. The fourth-order valence-electron chi connectivity index (χ4n) is 3.24. The van der Waals surface area contributed by atoms with Gasteiger partial charge in [-0.1, -0.05) is 12.1 Å². The Hall–Kier alpha value is -2.14. The first kappa shape index (κ1) is 14.5. The second kappa shape index (κ2) is 5.81. The summed E-state index contributed by atoms with van der Waals surface area (Å²) in [6.45, 7) is 8.46. The molecule has 118 valence electrons. The van der Waals surface area contributed by atoms with Crippen molar-refractivity contribution in [2.45, 2.75) is 13.8 Å². The highest BCUT2D eigenvalue weighted by atomic mass is 32.1. The van der Waals surface area contributed by atoms with Gasteiger partial charge in [-0.2, -0.15) is 0 Å². The van der Waals surface area contributed by atoms with E-state index in [2.05, 4.69) is 63.3 Å². The highest BCUT2D eigenvalue weighted by Gasteiger charge is 2.21. The van der Waals surface area contributed by atoms with Gasteiger partial charge in [0, 0.05) is 31.9 Å². The first-order chi connectivity index (χ1) is 11.2. The van der Waals surface area contributed by atoms with Crippen LogP contribution in [0.25, 0.3) is 10.2 Å². The van der Waals surface area contributed by atoms with E-state index in [1.807, 2.05) is 0 Å². The maximum Gasteiger partial charge on any atom is 0.150 e. The molecule has 3 heterocycles. The van der Waals surface area contributed by atoms with Crippen molar-refractivity contribution in [3.63, 3.8) is 0 Å². The molecule has 0 unspecified atom stereocenters. The molecule has 0 radical (unpaired) electrons. The molecule has 2 aromatic heterocycles. The van der Waals surface area contributed by atoms with E-state index in [4.69, 9.17) is 0 Å². The molecule has 1 aliphatic rings. The van der Waals surface area contributed by atoms with Gasteiger partial charge in [0.15, 0.2) is 0 Å². The number of rotatable bonds is 2. The third-order valence-corrected chi connectivity index (χ3v) is 5.62. The number of aromatic nitrogens is 2. The standard InChI is InChI=1S/C18H20N4S/c1-13-4-3-5-16(14(13)2)21-7-9-22(10-8-21)18-17-15(6-11-23-17)19-12-20-18/h3-6,11-12H,7-10H2,1-2H3. The van der Waals surface area contributed by atoms with Crippen molar-refractivity contribution in [1.82, 2.24) is 9.97 Å². The number of anilines is 2. The molecule has 0 amide bonds. The van der Waals surface area contributed by atoms with Gasteiger partial charge in [-0.15, -0.1) is 11.3 Å². The lowest BCUT2D eigenvalue weighted by atomic mass is 10.1. The minimum absolute atomic E-state index is 0.997. The number of hydrogen-bond donors (Lipinski definition) is 0. The summed E-state index contributed by atoms with van der Waals surface area (Å²) in [7, 11) is 0. The van der Waals surface area contributed by atoms with Gasteiger partial charge in [0.2, 0.25) is 0 Å². The molecule has 4 nitrogen and oxygen atoms in total. The van der Waals surface area contributed by atoms with E-state index < -0.39 is 0 Å². The number of nitrogens with zero attached hydrogens (tertiary/aromatic N) is 4. The third-order valence-electron chi connectivity index (χ3n) is 4.72. The fourth-order valence-corrected chi connectivity index (χ4v) is 4.10. The summed E-state index contributed by atoms with van der Waals surface area (Å²) < 4.78 is 1.20. The van der Waals surface area contributed by atoms with Crippen molar-refractivity contribution in [3.05, 3.63) is 47.1 Å². The molecule has 3 aromatic rings. The SMILES string of the molecule is Cc1cccc(N2CCN(c3ncnc4ccsc34)CC2)c1C. The van der Waals surface area contributed by atoms with Crippen molar-refractivity contribution in [3.8, 4) is 0 Å². The Morgan fingerprint density at radius 1 is 0.957 bits per heavy atom. The largest absolute Gasteiger partial charge is 0.368 e. The monoisotopic (exact) mass is 324 g/mol. The van der Waals surface area contributed by atoms with Crippen LogP contribution in [0.5, 0.6) is 0 Å². The summed E-state index contributed by atoms with van der Waals surface area (Å²) in [5, 5.41) is 2.09. The van der Waals surface area contributed by atoms with Gasteiger partial charge >= 0.3 is 0 Å². The van der Waals surface area contributed by atoms with E-state index in [0.717, 1.165) is 37.5 Å². The minimum Gasteiger partial charge on any atom is -0.368 e. The van der Waals surface area contributed by atoms with Crippen LogP contribution in [0.4, 0.5) is 11.5 Å². The predicted molar refractivity (Wildman–Crippen MR) is 97.8 cm³/mol. The minimum atomic E-state index is 0.997. The zero-order valence-electron chi connectivity index (χ0n) is 13.5. The number of fused-ring (bicyclic) bond motifs is 1. The number of hydrogen-bond acceptors (Lipinski definition) is 5. The second-order valence-corrected chi connectivity index (χ2v) is 6.94. The van der Waals surface area contributed by atoms with E-state index in [1.165, 1.54) is 21.5 Å². The summed E-state index contributed by atoms with van der Waals surface area (Å²) in [5.74, 6) is 1.09. The van der Waals surface area contributed by atoms with Crippen LogP contribution >= 0.6 is 11.3 Å². The van der Waals surface area contributed by atoms with Crippen LogP contribution in [-0.4, -0.2) is 36.1 Å². The highest BCUT2D eigenvalue weighted by Crippen LogP contribution is 2.30. The Morgan fingerprint density at radius 3 is 2.57 bits per heavy atom. The third kappa shape index (κ3) is 2.55. The molecule has 0 spiro atoms. The van der Waals surface area contributed by atoms with E-state index in [0.29, 0.717) is 0 Å². The van der Waals surface area contributed by atoms with Crippen LogP contribution in [0, 0.1) is 13.8 Å². The number of thiophene rings is 1. The van der Waals surface area contributed by atoms with Crippen molar-refractivity contribution >= 4 is 33.1 Å². The van der Waals surface area contributed by atoms with Crippen LogP contribution in [0.3, 0.4) is 0 Å². The quantitative estimate of drug-likeness (QED) is 0.720. The Labute approximate surface area is 140 Å². The molecule has 1 saturated heterocycles. The highest BCUT2D eigenvalue weighted by molar-refractivity contribution is 7.17. The first-order valence-corrected chi connectivity index (χ1v) is 8.86. The summed E-state index contributed by atoms with van der Waals surface area (Å²) in [4.78, 5) is 13.8. The lowest BCUT2D eigenvalue weighted by Crippen LogP contribution is -2.47. The first-order valence-electron chi connectivity index (χ1n) is 7.98. The normalized spacial score (nSPS) is 15.4. The van der Waals surface area contributed by atoms with Crippen molar-refractivity contribution in [2.24, 2.45) is 0 Å². The number of piperazine rings is 1. The second-order valence-electron chi connectivity index (χ2n) is 6.03. The van der Waals surface area contributed by atoms with Crippen LogP contribution in [0.15, 0.2) is 36.0 Å². The Morgan fingerprint density at radius 2 is 1.74 bits per heavy atom. The Balaban J connectivity index is 1.55. The van der Waals surface area contributed by atoms with E-state index in [1.54, 1.807) is 17.7 Å². The smallest absolute Gasteiger partial charge is 0.150 e. The van der Waals surface area contributed by atoms with Gasteiger partial charge in [-0.25, -0.2) is 9.97 Å². The molecule has 0 N–H and O–H groups in total. The van der Waals surface area contributed by atoms with E-state index >= 15 is 0 Å². The van der Waals surface area contributed by atoms with Crippen molar-refractivity contribution in [1.29, 1.82) is 0 Å². The molecule has 0 aliphatic carbocycles. The Kier molecular flexibility index (Phi) is 3.65. The topological polar surface area (TPSA) is 32.3 Å². The summed E-state index contributed by atoms with van der Waals surface area (Å²) >= 11 is 1.73. The van der Waals surface area contributed by atoms with E-state index in [9.17, 15) is 0 Å². The molecule has 0 atom stereocenters. The van der Waals surface area contributed by atoms with Gasteiger partial charge in [-0.05, 0) is 42.5 Å². The van der Waals surface area contributed by atoms with E-state index in [-0.39, 0.29) is 0 Å². The zero-order chi connectivity index (χ0) is 15.8. The van der Waals surface area contributed by atoms with Crippen LogP contribution < -0.4 is 9.80 Å². The average Bonchev–Trinajstić information content (AvgIpc) is 3.06. The molecule has 5 heteroatoms. The summed E-state index contributed by atoms with van der Waals surface area (Å²) in [5.41, 5.74) is 5.18. The van der Waals surface area contributed by atoms with Crippen molar-refractivity contribution < 1.29 is 0 Å². The zero-order valence-corrected chi connectivity index (χ0v) is 14.3. The van der Waals surface area contributed by atoms with Gasteiger partial charge in [0.1, 0.15) is 12.1 Å². The molecule has 1 aliphatic heterocycles. The van der Waals surface area contributed by atoms with Gasteiger partial charge in [0.25, 0.3) is 0 Å². The molecule has 1 aromatic carbocycles. The predicted octanol–water partition coefficient (Wildman–Crippen LogP) is 3.63. The summed E-state index contributed by atoms with van der Waals surface area (Å²) in [6, 6.07) is 8.64. The van der Waals surface area contributed by atoms with Crippen LogP contribution in [-0.2, 0) is 0 Å².